The summed E-state index contributed by atoms with van der Waals surface area (Å²) in [6, 6.07) is 6.80. The van der Waals surface area contributed by atoms with Crippen molar-refractivity contribution in [3.8, 4) is 0 Å². The zero-order chi connectivity index (χ0) is 14.8. The van der Waals surface area contributed by atoms with Crippen molar-refractivity contribution in [2.45, 2.75) is 59.1 Å². The van der Waals surface area contributed by atoms with Crippen molar-refractivity contribution in [1.82, 2.24) is 5.32 Å². The molecular formula is C18H29NO. The number of ether oxygens (including phenoxy) is 1. The van der Waals surface area contributed by atoms with Crippen LogP contribution in [0.15, 0.2) is 18.2 Å². The molecule has 0 amide bonds. The Bertz CT molecular complexity index is 427. The Morgan fingerprint density at radius 3 is 2.40 bits per heavy atom. The lowest BCUT2D eigenvalue weighted by molar-refractivity contribution is -0.0293. The summed E-state index contributed by atoms with van der Waals surface area (Å²) >= 11 is 0. The molecule has 2 atom stereocenters. The Balaban J connectivity index is 2.13. The molecule has 1 saturated heterocycles. The largest absolute Gasteiger partial charge is 0.373 e. The predicted molar refractivity (Wildman–Crippen MR) is 85.1 cm³/mol. The van der Waals surface area contributed by atoms with Crippen LogP contribution in [0.25, 0.3) is 0 Å². The van der Waals surface area contributed by atoms with E-state index in [9.17, 15) is 0 Å². The minimum atomic E-state index is 0.171. The molecule has 0 saturated carbocycles. The lowest BCUT2D eigenvalue weighted by Gasteiger charge is -2.34. The zero-order valence-electron chi connectivity index (χ0n) is 13.6. The molecule has 0 aliphatic carbocycles. The first kappa shape index (κ1) is 15.5. The van der Waals surface area contributed by atoms with Crippen molar-refractivity contribution >= 4 is 0 Å². The molecule has 1 N–H and O–H groups in total. The van der Waals surface area contributed by atoms with Crippen LogP contribution in [0, 0.1) is 19.8 Å². The summed E-state index contributed by atoms with van der Waals surface area (Å²) in [6.07, 6.45) is 2.68. The van der Waals surface area contributed by atoms with Crippen LogP contribution in [-0.2, 0) is 4.74 Å². The highest BCUT2D eigenvalue weighted by Gasteiger charge is 2.28. The van der Waals surface area contributed by atoms with Gasteiger partial charge in [-0.3, -0.25) is 0 Å². The van der Waals surface area contributed by atoms with Gasteiger partial charge in [0.05, 0.1) is 6.10 Å². The molecular weight excluding hydrogens is 246 g/mol. The first-order chi connectivity index (χ1) is 9.35. The predicted octanol–water partition coefficient (Wildman–Crippen LogP) is 4.16. The molecule has 0 spiro atoms. The summed E-state index contributed by atoms with van der Waals surface area (Å²) in [5.41, 5.74) is 4.18. The Kier molecular flexibility index (Phi) is 4.87. The average Bonchev–Trinajstić information content (AvgIpc) is 2.34. The van der Waals surface area contributed by atoms with Crippen LogP contribution in [0.2, 0.25) is 0 Å². The van der Waals surface area contributed by atoms with Crippen LogP contribution in [0.3, 0.4) is 0 Å². The van der Waals surface area contributed by atoms with Crippen LogP contribution in [0.5, 0.6) is 0 Å². The smallest absolute Gasteiger partial charge is 0.0865 e. The third kappa shape index (κ3) is 4.32. The maximum Gasteiger partial charge on any atom is 0.0865 e. The monoisotopic (exact) mass is 275 g/mol. The quantitative estimate of drug-likeness (QED) is 0.894. The third-order valence-corrected chi connectivity index (χ3v) is 3.91. The summed E-state index contributed by atoms with van der Waals surface area (Å²) < 4.78 is 6.11. The number of hydrogen-bond donors (Lipinski definition) is 1. The molecule has 112 valence electrons. The summed E-state index contributed by atoms with van der Waals surface area (Å²) in [5.74, 6) is 0.573. The van der Waals surface area contributed by atoms with Crippen molar-refractivity contribution in [3.05, 3.63) is 34.9 Å². The molecule has 1 fully saturated rings. The highest BCUT2D eigenvalue weighted by Crippen LogP contribution is 2.34. The summed E-state index contributed by atoms with van der Waals surface area (Å²) in [4.78, 5) is 0. The second-order valence-corrected chi connectivity index (χ2v) is 7.25. The number of hydrogen-bond acceptors (Lipinski definition) is 2. The van der Waals surface area contributed by atoms with E-state index in [4.69, 9.17) is 4.74 Å². The Labute approximate surface area is 123 Å². The minimum absolute atomic E-state index is 0.171. The molecule has 1 aliphatic heterocycles. The van der Waals surface area contributed by atoms with E-state index in [1.807, 2.05) is 0 Å². The molecule has 1 aromatic rings. The van der Waals surface area contributed by atoms with Gasteiger partial charge in [0.25, 0.3) is 0 Å². The molecule has 20 heavy (non-hydrogen) atoms. The van der Waals surface area contributed by atoms with Crippen LogP contribution >= 0.6 is 0 Å². The standard InChI is InChI=1S/C18H29NO/c1-13-9-14(2)11-16(10-13)17-15(7-6-8-20-17)12-19-18(3,4)5/h9-11,15,17,19H,6-8,12H2,1-5H3. The Morgan fingerprint density at radius 2 is 1.80 bits per heavy atom. The van der Waals surface area contributed by atoms with Gasteiger partial charge in [0.2, 0.25) is 0 Å². The molecule has 2 unspecified atom stereocenters. The van der Waals surface area contributed by atoms with Gasteiger partial charge in [0.15, 0.2) is 0 Å². The van der Waals surface area contributed by atoms with E-state index in [0.29, 0.717) is 5.92 Å². The van der Waals surface area contributed by atoms with Crippen molar-refractivity contribution in [2.75, 3.05) is 13.2 Å². The molecule has 1 aromatic carbocycles. The Hall–Kier alpha value is -0.860. The fraction of sp³-hybridized carbons (Fsp3) is 0.667. The van der Waals surface area contributed by atoms with E-state index in [2.05, 4.69) is 58.1 Å². The molecule has 2 nitrogen and oxygen atoms in total. The van der Waals surface area contributed by atoms with Crippen molar-refractivity contribution in [1.29, 1.82) is 0 Å². The molecule has 0 radical (unpaired) electrons. The van der Waals surface area contributed by atoms with Crippen molar-refractivity contribution in [2.24, 2.45) is 5.92 Å². The summed E-state index contributed by atoms with van der Waals surface area (Å²) in [6.45, 7) is 12.9. The maximum atomic E-state index is 6.11. The number of rotatable bonds is 3. The topological polar surface area (TPSA) is 21.3 Å². The van der Waals surface area contributed by atoms with Gasteiger partial charge in [-0.05, 0) is 53.0 Å². The van der Waals surface area contributed by atoms with Crippen LogP contribution in [0.1, 0.15) is 56.4 Å². The van der Waals surface area contributed by atoms with Gasteiger partial charge in [0, 0.05) is 24.6 Å². The summed E-state index contributed by atoms with van der Waals surface area (Å²) in [5, 5.41) is 3.64. The van der Waals surface area contributed by atoms with Gasteiger partial charge in [-0.2, -0.15) is 0 Å². The molecule has 0 aromatic heterocycles. The average molecular weight is 275 g/mol. The van der Waals surface area contributed by atoms with E-state index in [-0.39, 0.29) is 11.6 Å². The lowest BCUT2D eigenvalue weighted by Crippen LogP contribution is -2.41. The fourth-order valence-electron chi connectivity index (χ4n) is 3.03. The summed E-state index contributed by atoms with van der Waals surface area (Å²) in [7, 11) is 0. The van der Waals surface area contributed by atoms with Crippen molar-refractivity contribution < 1.29 is 4.74 Å². The van der Waals surface area contributed by atoms with Crippen LogP contribution in [0.4, 0.5) is 0 Å². The van der Waals surface area contributed by atoms with Crippen molar-refractivity contribution in [3.63, 3.8) is 0 Å². The molecule has 1 heterocycles. The minimum Gasteiger partial charge on any atom is -0.373 e. The second kappa shape index (κ2) is 6.28. The molecule has 2 heteroatoms. The molecule has 1 aliphatic rings. The van der Waals surface area contributed by atoms with Gasteiger partial charge in [-0.1, -0.05) is 29.3 Å². The van der Waals surface area contributed by atoms with E-state index in [1.165, 1.54) is 29.5 Å². The second-order valence-electron chi connectivity index (χ2n) is 7.25. The van der Waals surface area contributed by atoms with E-state index >= 15 is 0 Å². The zero-order valence-corrected chi connectivity index (χ0v) is 13.6. The Morgan fingerprint density at radius 1 is 1.15 bits per heavy atom. The highest BCUT2D eigenvalue weighted by molar-refractivity contribution is 5.30. The SMILES string of the molecule is Cc1cc(C)cc(C2OCCCC2CNC(C)(C)C)c1. The fourth-order valence-corrected chi connectivity index (χ4v) is 3.03. The van der Waals surface area contributed by atoms with Gasteiger partial charge in [0.1, 0.15) is 0 Å². The van der Waals surface area contributed by atoms with E-state index in [0.717, 1.165) is 13.2 Å². The highest BCUT2D eigenvalue weighted by atomic mass is 16.5. The third-order valence-electron chi connectivity index (χ3n) is 3.91. The van der Waals surface area contributed by atoms with Gasteiger partial charge < -0.3 is 10.1 Å². The van der Waals surface area contributed by atoms with E-state index in [1.54, 1.807) is 0 Å². The normalized spacial score (nSPS) is 23.9. The van der Waals surface area contributed by atoms with Crippen LogP contribution < -0.4 is 5.32 Å². The molecule has 2 rings (SSSR count). The van der Waals surface area contributed by atoms with Gasteiger partial charge in [-0.25, -0.2) is 0 Å². The number of benzene rings is 1. The van der Waals surface area contributed by atoms with Crippen LogP contribution in [-0.4, -0.2) is 18.7 Å². The number of nitrogens with one attached hydrogen (secondary N) is 1. The molecule has 0 bridgehead atoms. The first-order valence-electron chi connectivity index (χ1n) is 7.80. The van der Waals surface area contributed by atoms with E-state index < -0.39 is 0 Å². The number of aryl methyl sites for hydroxylation is 2. The van der Waals surface area contributed by atoms with Gasteiger partial charge in [-0.15, -0.1) is 0 Å². The lowest BCUT2D eigenvalue weighted by atomic mass is 9.87. The first-order valence-corrected chi connectivity index (χ1v) is 7.80. The maximum absolute atomic E-state index is 6.11. The van der Waals surface area contributed by atoms with Gasteiger partial charge >= 0.3 is 0 Å².